The van der Waals surface area contributed by atoms with Crippen LogP contribution in [0.25, 0.3) is 0 Å². The van der Waals surface area contributed by atoms with Crippen LogP contribution in [0.4, 0.5) is 0 Å². The maximum atomic E-state index is 12.8. The van der Waals surface area contributed by atoms with Crippen LogP contribution >= 0.6 is 0 Å². The summed E-state index contributed by atoms with van der Waals surface area (Å²) in [4.78, 5) is 33.2. The van der Waals surface area contributed by atoms with Crippen molar-refractivity contribution in [1.82, 2.24) is 14.8 Å². The lowest BCUT2D eigenvalue weighted by atomic mass is 9.96. The molecule has 170 valence electrons. The molecule has 1 saturated heterocycles. The van der Waals surface area contributed by atoms with E-state index in [9.17, 15) is 9.59 Å². The van der Waals surface area contributed by atoms with Crippen molar-refractivity contribution in [3.63, 3.8) is 0 Å². The number of esters is 1. The number of piperidine rings is 1. The quantitative estimate of drug-likeness (QED) is 0.647. The van der Waals surface area contributed by atoms with Crippen LogP contribution < -0.4 is 4.74 Å². The molecule has 4 rings (SSSR count). The lowest BCUT2D eigenvalue weighted by molar-refractivity contribution is -0.147. The van der Waals surface area contributed by atoms with Crippen LogP contribution in [-0.4, -0.2) is 60.0 Å². The van der Waals surface area contributed by atoms with Gasteiger partial charge in [-0.05, 0) is 62.2 Å². The van der Waals surface area contributed by atoms with Crippen molar-refractivity contribution in [3.8, 4) is 5.75 Å². The van der Waals surface area contributed by atoms with E-state index in [1.165, 1.54) is 12.7 Å². The smallest absolute Gasteiger partial charge is 0.308 e. The Morgan fingerprint density at radius 1 is 1.16 bits per heavy atom. The van der Waals surface area contributed by atoms with E-state index in [2.05, 4.69) is 22.0 Å². The Bertz CT molecular complexity index is 926. The molecule has 0 aliphatic carbocycles. The molecule has 0 unspecified atom stereocenters. The van der Waals surface area contributed by atoms with Crippen LogP contribution in [0.15, 0.2) is 42.6 Å². The van der Waals surface area contributed by atoms with Crippen molar-refractivity contribution in [2.24, 2.45) is 5.92 Å². The first-order chi connectivity index (χ1) is 15.6. The van der Waals surface area contributed by atoms with Gasteiger partial charge in [0, 0.05) is 37.0 Å². The molecule has 32 heavy (non-hydrogen) atoms. The molecule has 0 spiro atoms. The average Bonchev–Trinajstić information content (AvgIpc) is 3.05. The van der Waals surface area contributed by atoms with Gasteiger partial charge in [0.15, 0.2) is 0 Å². The Labute approximate surface area is 189 Å². The molecule has 0 radical (unpaired) electrons. The SMILES string of the molecule is COC(=O)C1CCN(Cc2ccc3c(c2)CN(C(=O)CCc2ccccn2)CCO3)CC1. The molecule has 2 aromatic rings. The molecule has 1 fully saturated rings. The van der Waals surface area contributed by atoms with Crippen LogP contribution in [0.5, 0.6) is 5.75 Å². The van der Waals surface area contributed by atoms with E-state index in [-0.39, 0.29) is 17.8 Å². The minimum Gasteiger partial charge on any atom is -0.491 e. The Morgan fingerprint density at radius 3 is 2.75 bits per heavy atom. The zero-order valence-electron chi connectivity index (χ0n) is 18.7. The molecular formula is C25H31N3O4. The van der Waals surface area contributed by atoms with Crippen molar-refractivity contribution in [2.45, 2.75) is 38.8 Å². The summed E-state index contributed by atoms with van der Waals surface area (Å²) in [5.74, 6) is 0.905. The minimum atomic E-state index is -0.0976. The van der Waals surface area contributed by atoms with Gasteiger partial charge in [-0.15, -0.1) is 0 Å². The highest BCUT2D eigenvalue weighted by Crippen LogP contribution is 2.27. The molecule has 0 saturated carbocycles. The standard InChI is InChI=1S/C25H31N3O4/c1-31-25(30)20-9-12-27(13-10-20)17-19-5-7-23-21(16-19)18-28(14-15-32-23)24(29)8-6-22-4-2-3-11-26-22/h2-5,7,11,16,20H,6,8-10,12-15,17-18H2,1H3. The van der Waals surface area contributed by atoms with Gasteiger partial charge in [-0.2, -0.15) is 0 Å². The summed E-state index contributed by atoms with van der Waals surface area (Å²) in [5.41, 5.74) is 3.19. The third-order valence-corrected chi connectivity index (χ3v) is 6.31. The van der Waals surface area contributed by atoms with Gasteiger partial charge in [-0.25, -0.2) is 0 Å². The van der Waals surface area contributed by atoms with E-state index < -0.39 is 0 Å². The molecular weight excluding hydrogens is 406 g/mol. The second kappa shape index (κ2) is 10.6. The number of methoxy groups -OCH3 is 1. The van der Waals surface area contributed by atoms with E-state index in [1.807, 2.05) is 29.2 Å². The lowest BCUT2D eigenvalue weighted by Crippen LogP contribution is -2.36. The number of carbonyl (C=O) groups is 2. The van der Waals surface area contributed by atoms with Gasteiger partial charge in [0.2, 0.25) is 5.91 Å². The number of rotatable bonds is 6. The number of amides is 1. The second-order valence-electron chi connectivity index (χ2n) is 8.50. The van der Waals surface area contributed by atoms with E-state index in [1.54, 1.807) is 6.20 Å². The van der Waals surface area contributed by atoms with Gasteiger partial charge in [0.1, 0.15) is 12.4 Å². The highest BCUT2D eigenvalue weighted by molar-refractivity contribution is 5.76. The Morgan fingerprint density at radius 2 is 2.00 bits per heavy atom. The average molecular weight is 438 g/mol. The molecule has 0 N–H and O–H groups in total. The molecule has 7 heteroatoms. The topological polar surface area (TPSA) is 72.0 Å². The predicted octanol–water partition coefficient (Wildman–Crippen LogP) is 2.82. The summed E-state index contributed by atoms with van der Waals surface area (Å²) >= 11 is 0. The van der Waals surface area contributed by atoms with Crippen LogP contribution in [0.1, 0.15) is 36.1 Å². The van der Waals surface area contributed by atoms with Gasteiger partial charge in [0.05, 0.1) is 19.6 Å². The molecule has 2 aliphatic rings. The third-order valence-electron chi connectivity index (χ3n) is 6.31. The number of likely N-dealkylation sites (tertiary alicyclic amines) is 1. The number of ether oxygens (including phenoxy) is 2. The number of fused-ring (bicyclic) bond motifs is 1. The minimum absolute atomic E-state index is 0.0161. The van der Waals surface area contributed by atoms with Crippen molar-refractivity contribution in [3.05, 3.63) is 59.4 Å². The van der Waals surface area contributed by atoms with Crippen LogP contribution in [0.3, 0.4) is 0 Å². The maximum Gasteiger partial charge on any atom is 0.308 e. The number of nitrogens with zero attached hydrogens (tertiary/aromatic N) is 3. The highest BCUT2D eigenvalue weighted by atomic mass is 16.5. The highest BCUT2D eigenvalue weighted by Gasteiger charge is 2.26. The summed E-state index contributed by atoms with van der Waals surface area (Å²) in [6, 6.07) is 12.1. The Kier molecular flexibility index (Phi) is 7.37. The lowest BCUT2D eigenvalue weighted by Gasteiger charge is -2.30. The molecule has 1 aromatic carbocycles. The normalized spacial score (nSPS) is 17.2. The van der Waals surface area contributed by atoms with Gasteiger partial charge in [-0.1, -0.05) is 12.1 Å². The van der Waals surface area contributed by atoms with Crippen LogP contribution in [-0.2, 0) is 33.8 Å². The molecule has 1 aromatic heterocycles. The number of carbonyl (C=O) groups excluding carboxylic acids is 2. The number of aryl methyl sites for hydroxylation is 1. The van der Waals surface area contributed by atoms with Gasteiger partial charge in [0.25, 0.3) is 0 Å². The number of pyridine rings is 1. The monoisotopic (exact) mass is 437 g/mol. The second-order valence-corrected chi connectivity index (χ2v) is 8.50. The first-order valence-electron chi connectivity index (χ1n) is 11.3. The van der Waals surface area contributed by atoms with Crippen molar-refractivity contribution in [2.75, 3.05) is 33.4 Å². The number of benzene rings is 1. The largest absolute Gasteiger partial charge is 0.491 e. The summed E-state index contributed by atoms with van der Waals surface area (Å²) in [7, 11) is 1.46. The van der Waals surface area contributed by atoms with E-state index in [4.69, 9.17) is 9.47 Å². The van der Waals surface area contributed by atoms with E-state index >= 15 is 0 Å². The summed E-state index contributed by atoms with van der Waals surface area (Å²) in [6.07, 6.45) is 4.51. The molecule has 0 bridgehead atoms. The molecule has 1 amide bonds. The molecule has 0 atom stereocenters. The summed E-state index contributed by atoms with van der Waals surface area (Å²) in [5, 5.41) is 0. The fourth-order valence-corrected chi connectivity index (χ4v) is 4.45. The van der Waals surface area contributed by atoms with Crippen LogP contribution in [0.2, 0.25) is 0 Å². The summed E-state index contributed by atoms with van der Waals surface area (Å²) < 4.78 is 10.8. The van der Waals surface area contributed by atoms with Crippen LogP contribution in [0, 0.1) is 5.92 Å². The number of hydrogen-bond acceptors (Lipinski definition) is 6. The first-order valence-corrected chi connectivity index (χ1v) is 11.3. The third kappa shape index (κ3) is 5.65. The van der Waals surface area contributed by atoms with E-state index in [0.717, 1.165) is 49.5 Å². The number of hydrogen-bond donors (Lipinski definition) is 0. The molecule has 2 aliphatic heterocycles. The fraction of sp³-hybridized carbons (Fsp3) is 0.480. The fourth-order valence-electron chi connectivity index (χ4n) is 4.45. The van der Waals surface area contributed by atoms with E-state index in [0.29, 0.717) is 32.5 Å². The van der Waals surface area contributed by atoms with Gasteiger partial charge >= 0.3 is 5.97 Å². The zero-order valence-corrected chi connectivity index (χ0v) is 18.7. The van der Waals surface area contributed by atoms with Crippen molar-refractivity contribution < 1.29 is 19.1 Å². The number of aromatic nitrogens is 1. The first kappa shape index (κ1) is 22.3. The van der Waals surface area contributed by atoms with Crippen molar-refractivity contribution >= 4 is 11.9 Å². The maximum absolute atomic E-state index is 12.8. The zero-order chi connectivity index (χ0) is 22.3. The predicted molar refractivity (Wildman–Crippen MR) is 120 cm³/mol. The van der Waals surface area contributed by atoms with Crippen molar-refractivity contribution in [1.29, 1.82) is 0 Å². The molecule has 7 nitrogen and oxygen atoms in total. The van der Waals surface area contributed by atoms with Gasteiger partial charge < -0.3 is 14.4 Å². The van der Waals surface area contributed by atoms with Gasteiger partial charge in [-0.3, -0.25) is 19.5 Å². The summed E-state index contributed by atoms with van der Waals surface area (Å²) in [6.45, 7) is 4.25. The molecule has 3 heterocycles. The Balaban J connectivity index is 1.35. The Hall–Kier alpha value is -2.93.